The molecule has 2 fully saturated rings. The molecule has 0 radical (unpaired) electrons. The van der Waals surface area contributed by atoms with Crippen molar-refractivity contribution in [2.75, 3.05) is 5.32 Å². The van der Waals surface area contributed by atoms with E-state index in [1.54, 1.807) is 25.3 Å². The molecule has 6 heteroatoms. The first-order chi connectivity index (χ1) is 11.6. The molecule has 5 rings (SSSR count). The maximum atomic E-state index is 12.8. The molecule has 0 unspecified atom stereocenters. The van der Waals surface area contributed by atoms with Gasteiger partial charge < -0.3 is 5.32 Å². The van der Waals surface area contributed by atoms with Crippen LogP contribution in [0.1, 0.15) is 19.8 Å². The molecule has 6 nitrogen and oxygen atoms in total. The van der Waals surface area contributed by atoms with Crippen LogP contribution in [-0.2, 0) is 14.4 Å². The molecule has 4 aliphatic rings. The summed E-state index contributed by atoms with van der Waals surface area (Å²) in [6.07, 6.45) is 9.19. The number of carbonyl (C=O) groups is 3. The van der Waals surface area contributed by atoms with Gasteiger partial charge in [0.2, 0.25) is 17.7 Å². The van der Waals surface area contributed by atoms with Crippen molar-refractivity contribution in [2.45, 2.75) is 25.8 Å². The van der Waals surface area contributed by atoms with Crippen molar-refractivity contribution in [1.82, 2.24) is 9.88 Å². The summed E-state index contributed by atoms with van der Waals surface area (Å²) < 4.78 is 0. The van der Waals surface area contributed by atoms with E-state index in [1.165, 1.54) is 11.1 Å². The lowest BCUT2D eigenvalue weighted by molar-refractivity contribution is -0.146. The van der Waals surface area contributed by atoms with Gasteiger partial charge in [0.15, 0.2) is 0 Å². The lowest BCUT2D eigenvalue weighted by atomic mass is 9.63. The largest absolute Gasteiger partial charge is 0.323 e. The highest BCUT2D eigenvalue weighted by Gasteiger charge is 2.58. The van der Waals surface area contributed by atoms with Crippen molar-refractivity contribution in [2.24, 2.45) is 23.7 Å². The molecule has 1 saturated carbocycles. The van der Waals surface area contributed by atoms with Gasteiger partial charge in [0.1, 0.15) is 6.04 Å². The number of anilines is 1. The van der Waals surface area contributed by atoms with Crippen LogP contribution in [0.3, 0.4) is 0 Å². The highest BCUT2D eigenvalue weighted by Crippen LogP contribution is 2.49. The monoisotopic (exact) mass is 325 g/mol. The van der Waals surface area contributed by atoms with E-state index in [2.05, 4.69) is 22.5 Å². The second-order valence-corrected chi connectivity index (χ2v) is 6.79. The second-order valence-electron chi connectivity index (χ2n) is 6.79. The number of imide groups is 1. The van der Waals surface area contributed by atoms with Crippen LogP contribution in [0.2, 0.25) is 0 Å². The lowest BCUT2D eigenvalue weighted by Crippen LogP contribution is -2.46. The van der Waals surface area contributed by atoms with Crippen molar-refractivity contribution in [3.05, 3.63) is 36.7 Å². The highest BCUT2D eigenvalue weighted by molar-refractivity contribution is 6.10. The first-order valence-corrected chi connectivity index (χ1v) is 8.34. The summed E-state index contributed by atoms with van der Waals surface area (Å²) in [5.74, 6) is -1.06. The van der Waals surface area contributed by atoms with Crippen LogP contribution in [0, 0.1) is 23.7 Å². The van der Waals surface area contributed by atoms with E-state index in [4.69, 9.17) is 0 Å². The number of aromatic nitrogens is 1. The second kappa shape index (κ2) is 5.54. The number of allylic oxidation sites excluding steroid dienone is 2. The lowest BCUT2D eigenvalue weighted by Gasteiger charge is -2.38. The van der Waals surface area contributed by atoms with E-state index in [-0.39, 0.29) is 41.4 Å². The molecule has 24 heavy (non-hydrogen) atoms. The minimum atomic E-state index is -0.824. The quantitative estimate of drug-likeness (QED) is 0.676. The van der Waals surface area contributed by atoms with E-state index in [0.717, 1.165) is 12.8 Å². The minimum absolute atomic E-state index is 0.134. The Bertz CT molecular complexity index is 698. The number of nitrogens with zero attached hydrogens (tertiary/aromatic N) is 2. The molecule has 124 valence electrons. The third-order valence-electron chi connectivity index (χ3n) is 5.49. The molecule has 1 aromatic rings. The normalized spacial score (nSPS) is 32.0. The number of likely N-dealkylation sites (tertiary alicyclic amines) is 1. The average molecular weight is 325 g/mol. The molecule has 3 amide bonds. The number of nitrogens with one attached hydrogen (secondary N) is 1. The molecule has 0 aromatic carbocycles. The van der Waals surface area contributed by atoms with E-state index >= 15 is 0 Å². The van der Waals surface area contributed by atoms with Gasteiger partial charge in [0, 0.05) is 6.20 Å². The van der Waals surface area contributed by atoms with Gasteiger partial charge in [0.05, 0.1) is 23.7 Å². The Kier molecular flexibility index (Phi) is 3.48. The van der Waals surface area contributed by atoms with Gasteiger partial charge >= 0.3 is 0 Å². The van der Waals surface area contributed by atoms with Crippen molar-refractivity contribution < 1.29 is 14.4 Å². The number of hydrogen-bond acceptors (Lipinski definition) is 4. The molecule has 0 spiro atoms. The Balaban J connectivity index is 1.55. The zero-order valence-corrected chi connectivity index (χ0v) is 13.4. The van der Waals surface area contributed by atoms with Gasteiger partial charge in [-0.15, -0.1) is 0 Å². The topological polar surface area (TPSA) is 79.4 Å². The zero-order chi connectivity index (χ0) is 16.8. The van der Waals surface area contributed by atoms with Crippen molar-refractivity contribution in [3.63, 3.8) is 0 Å². The molecular formula is C18H19N3O3. The van der Waals surface area contributed by atoms with E-state index < -0.39 is 6.04 Å². The van der Waals surface area contributed by atoms with Crippen LogP contribution >= 0.6 is 0 Å². The molecule has 3 aliphatic carbocycles. The Morgan fingerprint density at radius 1 is 1.21 bits per heavy atom. The number of fused-ring (bicyclic) bond motifs is 1. The molecule has 1 saturated heterocycles. The molecule has 2 heterocycles. The molecule has 5 atom stereocenters. The summed E-state index contributed by atoms with van der Waals surface area (Å²) in [4.78, 5) is 43.2. The van der Waals surface area contributed by atoms with E-state index in [1.807, 2.05) is 0 Å². The number of pyridine rings is 1. The third-order valence-corrected chi connectivity index (χ3v) is 5.49. The summed E-state index contributed by atoms with van der Waals surface area (Å²) in [6, 6.07) is 2.61. The average Bonchev–Trinajstić information content (AvgIpc) is 2.89. The van der Waals surface area contributed by atoms with E-state index in [9.17, 15) is 14.4 Å². The van der Waals surface area contributed by atoms with Crippen molar-refractivity contribution in [1.29, 1.82) is 0 Å². The zero-order valence-electron chi connectivity index (χ0n) is 13.4. The number of rotatable bonds is 3. The predicted molar refractivity (Wildman–Crippen MR) is 86.5 cm³/mol. The predicted octanol–water partition coefficient (Wildman–Crippen LogP) is 1.61. The van der Waals surface area contributed by atoms with Crippen LogP contribution in [-0.4, -0.2) is 33.6 Å². The maximum Gasteiger partial charge on any atom is 0.247 e. The SMILES string of the molecule is C[C@H](C(=O)Nc1cccnc1)N1C(=O)[C@H]2[C@H](C1=O)[C@H]1C=C[C@H]2CC1. The van der Waals surface area contributed by atoms with Crippen molar-refractivity contribution >= 4 is 23.4 Å². The summed E-state index contributed by atoms with van der Waals surface area (Å²) in [7, 11) is 0. The summed E-state index contributed by atoms with van der Waals surface area (Å²) in [6.45, 7) is 1.61. The van der Waals surface area contributed by atoms with Crippen molar-refractivity contribution in [3.8, 4) is 0 Å². The van der Waals surface area contributed by atoms with Gasteiger partial charge in [-0.3, -0.25) is 24.3 Å². The highest BCUT2D eigenvalue weighted by atomic mass is 16.2. The van der Waals surface area contributed by atoms with Gasteiger partial charge in [-0.25, -0.2) is 0 Å². The van der Waals surface area contributed by atoms with E-state index in [0.29, 0.717) is 5.69 Å². The first-order valence-electron chi connectivity index (χ1n) is 8.34. The van der Waals surface area contributed by atoms with Gasteiger partial charge in [0.25, 0.3) is 0 Å². The third kappa shape index (κ3) is 2.17. The van der Waals surface area contributed by atoms with Crippen LogP contribution < -0.4 is 5.32 Å². The minimum Gasteiger partial charge on any atom is -0.323 e. The number of amides is 3. The molecule has 1 aliphatic heterocycles. The fourth-order valence-electron chi connectivity index (χ4n) is 4.28. The fourth-order valence-corrected chi connectivity index (χ4v) is 4.28. The maximum absolute atomic E-state index is 12.8. The number of carbonyl (C=O) groups excluding carboxylic acids is 3. The fraction of sp³-hybridized carbons (Fsp3) is 0.444. The molecular weight excluding hydrogens is 306 g/mol. The smallest absolute Gasteiger partial charge is 0.247 e. The Morgan fingerprint density at radius 2 is 1.83 bits per heavy atom. The Hall–Kier alpha value is -2.50. The van der Waals surface area contributed by atoms with Crippen LogP contribution in [0.4, 0.5) is 5.69 Å². The summed E-state index contributed by atoms with van der Waals surface area (Å²) in [5.41, 5.74) is 0.549. The van der Waals surface area contributed by atoms with Gasteiger partial charge in [-0.05, 0) is 43.7 Å². The Labute approximate surface area is 139 Å². The number of hydrogen-bond donors (Lipinski definition) is 1. The van der Waals surface area contributed by atoms with Crippen LogP contribution in [0.25, 0.3) is 0 Å². The summed E-state index contributed by atoms with van der Waals surface area (Å²) in [5, 5.41) is 2.72. The van der Waals surface area contributed by atoms with Crippen LogP contribution in [0.15, 0.2) is 36.7 Å². The molecule has 1 aromatic heterocycles. The van der Waals surface area contributed by atoms with Crippen LogP contribution in [0.5, 0.6) is 0 Å². The molecule has 1 N–H and O–H groups in total. The van der Waals surface area contributed by atoms with Gasteiger partial charge in [-0.1, -0.05) is 12.2 Å². The van der Waals surface area contributed by atoms with Gasteiger partial charge in [-0.2, -0.15) is 0 Å². The first kappa shape index (κ1) is 15.1. The standard InChI is InChI=1S/C18H19N3O3/c1-10(16(22)20-13-3-2-8-19-9-13)21-17(23)14-11-4-5-12(7-6-11)15(14)18(21)24/h2-5,8-12,14-15H,6-7H2,1H3,(H,20,22)/t10-,11+,12+,14-,15-/m1/s1. The Morgan fingerprint density at radius 3 is 2.33 bits per heavy atom. The summed E-state index contributed by atoms with van der Waals surface area (Å²) >= 11 is 0. The molecule has 2 bridgehead atoms.